The first-order valence-electron chi connectivity index (χ1n) is 4.42. The molecular weight excluding hydrogens is 305 g/mol. The molecule has 1 rings (SSSR count). The van der Waals surface area contributed by atoms with E-state index in [4.69, 9.17) is 16.3 Å². The molecule has 0 saturated heterocycles. The number of alkyl halides is 3. The second kappa shape index (κ2) is 5.29. The standard InChI is InChI=1S/C10H10BrClF2O2/c1-16-7-2-3-8(11)6(4-7)5-9(15)10(12,13)14/h2-4,9,15H,5H2,1H3. The van der Waals surface area contributed by atoms with Crippen LogP contribution in [-0.2, 0) is 6.42 Å². The fourth-order valence-corrected chi connectivity index (χ4v) is 1.64. The molecule has 1 N–H and O–H groups in total. The van der Waals surface area contributed by atoms with Gasteiger partial charge in [0.2, 0.25) is 0 Å². The predicted molar refractivity (Wildman–Crippen MR) is 61.2 cm³/mol. The summed E-state index contributed by atoms with van der Waals surface area (Å²) in [6, 6.07) is 4.90. The molecule has 0 aliphatic heterocycles. The molecule has 0 bridgehead atoms. The fraction of sp³-hybridized carbons (Fsp3) is 0.400. The molecule has 0 aromatic heterocycles. The van der Waals surface area contributed by atoms with Crippen LogP contribution in [0.3, 0.4) is 0 Å². The molecule has 0 saturated carbocycles. The van der Waals surface area contributed by atoms with E-state index in [0.717, 1.165) is 0 Å². The molecule has 0 spiro atoms. The van der Waals surface area contributed by atoms with Crippen molar-refractivity contribution in [1.82, 2.24) is 0 Å². The highest BCUT2D eigenvalue weighted by molar-refractivity contribution is 9.10. The largest absolute Gasteiger partial charge is 0.497 e. The Balaban J connectivity index is 2.88. The predicted octanol–water partition coefficient (Wildman–Crippen LogP) is 3.19. The Labute approximate surface area is 105 Å². The third kappa shape index (κ3) is 3.57. The van der Waals surface area contributed by atoms with E-state index in [1.807, 2.05) is 0 Å². The molecule has 2 nitrogen and oxygen atoms in total. The number of rotatable bonds is 4. The Kier molecular flexibility index (Phi) is 4.52. The molecule has 1 aromatic carbocycles. The van der Waals surface area contributed by atoms with Crippen molar-refractivity contribution in [2.75, 3.05) is 7.11 Å². The van der Waals surface area contributed by atoms with Crippen LogP contribution in [0.15, 0.2) is 22.7 Å². The van der Waals surface area contributed by atoms with Gasteiger partial charge in [-0.25, -0.2) is 0 Å². The van der Waals surface area contributed by atoms with Crippen LogP contribution in [0.2, 0.25) is 0 Å². The minimum atomic E-state index is -3.64. The Bertz CT molecular complexity index is 368. The van der Waals surface area contributed by atoms with Gasteiger partial charge in [0.15, 0.2) is 0 Å². The molecule has 0 radical (unpaired) electrons. The van der Waals surface area contributed by atoms with Gasteiger partial charge in [-0.2, -0.15) is 8.78 Å². The third-order valence-electron chi connectivity index (χ3n) is 2.04. The lowest BCUT2D eigenvalue weighted by Crippen LogP contribution is -2.29. The van der Waals surface area contributed by atoms with E-state index in [1.165, 1.54) is 7.11 Å². The Hall–Kier alpha value is -0.390. The highest BCUT2D eigenvalue weighted by Gasteiger charge is 2.35. The van der Waals surface area contributed by atoms with E-state index < -0.39 is 11.5 Å². The second-order valence-electron chi connectivity index (χ2n) is 3.22. The average Bonchev–Trinajstić information content (AvgIpc) is 2.19. The molecule has 1 aromatic rings. The molecule has 0 aliphatic carbocycles. The van der Waals surface area contributed by atoms with Crippen molar-refractivity contribution in [2.24, 2.45) is 0 Å². The van der Waals surface area contributed by atoms with Crippen LogP contribution in [0, 0.1) is 0 Å². The molecule has 6 heteroatoms. The van der Waals surface area contributed by atoms with Gasteiger partial charge in [0, 0.05) is 10.9 Å². The fourth-order valence-electron chi connectivity index (χ4n) is 1.16. The highest BCUT2D eigenvalue weighted by Crippen LogP contribution is 2.29. The maximum Gasteiger partial charge on any atom is 0.347 e. The van der Waals surface area contributed by atoms with Crippen LogP contribution >= 0.6 is 27.5 Å². The molecule has 0 fully saturated rings. The molecular formula is C10H10BrClF2O2. The maximum atomic E-state index is 12.6. The van der Waals surface area contributed by atoms with Gasteiger partial charge in [0.1, 0.15) is 11.9 Å². The molecule has 1 unspecified atom stereocenters. The van der Waals surface area contributed by atoms with Gasteiger partial charge >= 0.3 is 5.38 Å². The maximum absolute atomic E-state index is 12.6. The Morgan fingerprint density at radius 1 is 1.56 bits per heavy atom. The number of aliphatic hydroxyl groups is 1. The molecule has 1 atom stereocenters. The molecule has 0 aliphatic rings. The van der Waals surface area contributed by atoms with Gasteiger partial charge < -0.3 is 9.84 Å². The van der Waals surface area contributed by atoms with E-state index in [-0.39, 0.29) is 6.42 Å². The van der Waals surface area contributed by atoms with Crippen molar-refractivity contribution in [1.29, 1.82) is 0 Å². The minimum Gasteiger partial charge on any atom is -0.497 e. The van der Waals surface area contributed by atoms with Gasteiger partial charge in [0.25, 0.3) is 0 Å². The number of aliphatic hydroxyl groups excluding tert-OH is 1. The van der Waals surface area contributed by atoms with Gasteiger partial charge in [-0.05, 0) is 35.4 Å². The van der Waals surface area contributed by atoms with Crippen molar-refractivity contribution < 1.29 is 18.6 Å². The zero-order valence-corrected chi connectivity index (χ0v) is 10.7. The summed E-state index contributed by atoms with van der Waals surface area (Å²) in [5, 5.41) is 5.55. The summed E-state index contributed by atoms with van der Waals surface area (Å²) in [4.78, 5) is 0. The van der Waals surface area contributed by atoms with Crippen molar-refractivity contribution in [2.45, 2.75) is 17.9 Å². The Morgan fingerprint density at radius 2 is 2.19 bits per heavy atom. The number of halogens is 4. The van der Waals surface area contributed by atoms with Crippen molar-refractivity contribution in [3.63, 3.8) is 0 Å². The van der Waals surface area contributed by atoms with Crippen molar-refractivity contribution in [3.8, 4) is 5.75 Å². The van der Waals surface area contributed by atoms with Gasteiger partial charge in [-0.3, -0.25) is 0 Å². The summed E-state index contributed by atoms with van der Waals surface area (Å²) in [6.45, 7) is 0. The summed E-state index contributed by atoms with van der Waals surface area (Å²) >= 11 is 7.93. The van der Waals surface area contributed by atoms with Crippen LogP contribution in [-0.4, -0.2) is 23.7 Å². The lowest BCUT2D eigenvalue weighted by Gasteiger charge is -2.17. The molecule has 16 heavy (non-hydrogen) atoms. The van der Waals surface area contributed by atoms with Gasteiger partial charge in [-0.1, -0.05) is 15.9 Å². The number of ether oxygens (including phenoxy) is 1. The van der Waals surface area contributed by atoms with E-state index in [2.05, 4.69) is 15.9 Å². The summed E-state index contributed by atoms with van der Waals surface area (Å²) in [6.07, 6.45) is -2.19. The Morgan fingerprint density at radius 3 is 2.69 bits per heavy atom. The molecule has 0 heterocycles. The summed E-state index contributed by atoms with van der Waals surface area (Å²) in [5.41, 5.74) is 0.507. The normalized spacial score (nSPS) is 13.6. The number of hydrogen-bond donors (Lipinski definition) is 1. The number of hydrogen-bond acceptors (Lipinski definition) is 2. The lowest BCUT2D eigenvalue weighted by molar-refractivity contribution is -0.0398. The SMILES string of the molecule is COc1ccc(Br)c(CC(O)C(F)(F)Cl)c1. The second-order valence-corrected chi connectivity index (χ2v) is 4.58. The first kappa shape index (κ1) is 13.7. The first-order valence-corrected chi connectivity index (χ1v) is 5.59. The van der Waals surface area contributed by atoms with Crippen molar-refractivity contribution >= 4 is 27.5 Å². The van der Waals surface area contributed by atoms with E-state index in [0.29, 0.717) is 15.8 Å². The van der Waals surface area contributed by atoms with Crippen molar-refractivity contribution in [3.05, 3.63) is 28.2 Å². The number of benzene rings is 1. The quantitative estimate of drug-likeness (QED) is 0.865. The first-order chi connectivity index (χ1) is 7.34. The highest BCUT2D eigenvalue weighted by atomic mass is 79.9. The van der Waals surface area contributed by atoms with Crippen LogP contribution in [0.25, 0.3) is 0 Å². The average molecular weight is 316 g/mol. The number of methoxy groups -OCH3 is 1. The van der Waals surface area contributed by atoms with Crippen LogP contribution in [0.4, 0.5) is 8.78 Å². The molecule has 90 valence electrons. The van der Waals surface area contributed by atoms with Crippen LogP contribution < -0.4 is 4.74 Å². The van der Waals surface area contributed by atoms with E-state index in [1.54, 1.807) is 18.2 Å². The zero-order valence-electron chi connectivity index (χ0n) is 8.38. The van der Waals surface area contributed by atoms with Crippen LogP contribution in [0.5, 0.6) is 5.75 Å². The summed E-state index contributed by atoms with van der Waals surface area (Å²) < 4.78 is 30.7. The third-order valence-corrected chi connectivity index (χ3v) is 3.07. The summed E-state index contributed by atoms with van der Waals surface area (Å²) in [5.74, 6) is 0.531. The topological polar surface area (TPSA) is 29.5 Å². The summed E-state index contributed by atoms with van der Waals surface area (Å²) in [7, 11) is 1.47. The monoisotopic (exact) mass is 314 g/mol. The molecule has 0 amide bonds. The van der Waals surface area contributed by atoms with Gasteiger partial charge in [0.05, 0.1) is 7.11 Å². The van der Waals surface area contributed by atoms with Crippen LogP contribution in [0.1, 0.15) is 5.56 Å². The smallest absolute Gasteiger partial charge is 0.347 e. The minimum absolute atomic E-state index is 0.256. The van der Waals surface area contributed by atoms with Gasteiger partial charge in [-0.15, -0.1) is 0 Å². The lowest BCUT2D eigenvalue weighted by atomic mass is 10.1. The van der Waals surface area contributed by atoms with E-state index >= 15 is 0 Å². The van der Waals surface area contributed by atoms with E-state index in [9.17, 15) is 13.9 Å². The zero-order chi connectivity index (χ0) is 12.3.